The first kappa shape index (κ1) is 13.5. The zero-order chi connectivity index (χ0) is 11.9. The van der Waals surface area contributed by atoms with Crippen LogP contribution in [0.25, 0.3) is 0 Å². The summed E-state index contributed by atoms with van der Waals surface area (Å²) in [5.41, 5.74) is 1.43. The number of rotatable bonds is 6. The van der Waals surface area contributed by atoms with Crippen LogP contribution in [0.5, 0.6) is 0 Å². The van der Waals surface area contributed by atoms with Crippen LogP contribution in [0.4, 0.5) is 13.2 Å². The van der Waals surface area contributed by atoms with Crippen LogP contribution >= 0.6 is 0 Å². The maximum Gasteiger partial charge on any atom is 0.522 e. The fraction of sp³-hybridized carbons (Fsp3) is 0.818. The third-order valence-electron chi connectivity index (χ3n) is 2.55. The van der Waals surface area contributed by atoms with Crippen LogP contribution in [-0.2, 0) is 4.74 Å². The van der Waals surface area contributed by atoms with Crippen LogP contribution in [0.2, 0.25) is 0 Å². The molecule has 0 bridgehead atoms. The Bertz CT molecular complexity index is 226. The summed E-state index contributed by atoms with van der Waals surface area (Å²) < 4.78 is 38.4. The molecule has 0 aromatic carbocycles. The summed E-state index contributed by atoms with van der Waals surface area (Å²) in [5, 5.41) is 2.94. The molecule has 0 atom stereocenters. The van der Waals surface area contributed by atoms with Crippen molar-refractivity contribution in [1.82, 2.24) is 5.32 Å². The van der Waals surface area contributed by atoms with Gasteiger partial charge in [0.25, 0.3) is 0 Å². The molecule has 0 saturated heterocycles. The van der Waals surface area contributed by atoms with Gasteiger partial charge in [0.05, 0.1) is 6.61 Å². The number of alkyl halides is 3. The van der Waals surface area contributed by atoms with E-state index in [-0.39, 0.29) is 13.2 Å². The number of ether oxygens (including phenoxy) is 1. The summed E-state index contributed by atoms with van der Waals surface area (Å²) in [6, 6.07) is 0. The Labute approximate surface area is 93.9 Å². The first-order valence-electron chi connectivity index (χ1n) is 5.67. The van der Waals surface area contributed by atoms with Crippen LogP contribution in [0.15, 0.2) is 11.6 Å². The molecule has 1 aliphatic carbocycles. The predicted molar refractivity (Wildman–Crippen MR) is 56.0 cm³/mol. The largest absolute Gasteiger partial charge is 0.522 e. The van der Waals surface area contributed by atoms with Crippen molar-refractivity contribution in [2.24, 2.45) is 0 Å². The van der Waals surface area contributed by atoms with E-state index < -0.39 is 6.36 Å². The minimum atomic E-state index is -4.51. The molecule has 0 aromatic heterocycles. The average Bonchev–Trinajstić information content (AvgIpc) is 2.23. The van der Waals surface area contributed by atoms with Crippen molar-refractivity contribution >= 4 is 0 Å². The van der Waals surface area contributed by atoms with Crippen molar-refractivity contribution in [3.8, 4) is 0 Å². The monoisotopic (exact) mass is 237 g/mol. The summed E-state index contributed by atoms with van der Waals surface area (Å²) in [4.78, 5) is 0. The minimum Gasteiger partial charge on any atom is -0.314 e. The van der Waals surface area contributed by atoms with Gasteiger partial charge >= 0.3 is 6.36 Å². The van der Waals surface area contributed by atoms with Gasteiger partial charge in [-0.2, -0.15) is 0 Å². The van der Waals surface area contributed by atoms with Crippen LogP contribution in [-0.4, -0.2) is 26.1 Å². The zero-order valence-electron chi connectivity index (χ0n) is 9.28. The van der Waals surface area contributed by atoms with Gasteiger partial charge in [-0.25, -0.2) is 0 Å². The Kier molecular flexibility index (Phi) is 5.84. The summed E-state index contributed by atoms with van der Waals surface area (Å²) in [5.74, 6) is 0. The molecule has 16 heavy (non-hydrogen) atoms. The van der Waals surface area contributed by atoms with Crippen LogP contribution in [0.3, 0.4) is 0 Å². The summed E-state index contributed by atoms with van der Waals surface area (Å²) >= 11 is 0. The van der Waals surface area contributed by atoms with E-state index in [0.717, 1.165) is 25.8 Å². The normalized spacial score (nSPS) is 17.3. The lowest BCUT2D eigenvalue weighted by molar-refractivity contribution is -0.323. The first-order valence-corrected chi connectivity index (χ1v) is 5.67. The van der Waals surface area contributed by atoms with E-state index in [1.165, 1.54) is 18.4 Å². The van der Waals surface area contributed by atoms with E-state index in [0.29, 0.717) is 0 Å². The lowest BCUT2D eigenvalue weighted by Gasteiger charge is -2.13. The lowest BCUT2D eigenvalue weighted by atomic mass is 9.97. The molecule has 1 aliphatic rings. The molecule has 1 rings (SSSR count). The average molecular weight is 237 g/mol. The van der Waals surface area contributed by atoms with E-state index in [1.54, 1.807) is 0 Å². The molecule has 0 spiro atoms. The second-order valence-corrected chi connectivity index (χ2v) is 3.90. The fourth-order valence-electron chi connectivity index (χ4n) is 1.74. The van der Waals surface area contributed by atoms with Gasteiger partial charge in [-0.05, 0) is 38.6 Å². The van der Waals surface area contributed by atoms with Crippen molar-refractivity contribution in [3.05, 3.63) is 11.6 Å². The van der Waals surface area contributed by atoms with Crippen LogP contribution in [0.1, 0.15) is 32.1 Å². The van der Waals surface area contributed by atoms with Gasteiger partial charge < -0.3 is 5.32 Å². The highest BCUT2D eigenvalue weighted by molar-refractivity contribution is 5.05. The summed E-state index contributed by atoms with van der Waals surface area (Å²) in [6.07, 6.45) is 3.46. The fourth-order valence-corrected chi connectivity index (χ4v) is 1.74. The Morgan fingerprint density at radius 1 is 1.25 bits per heavy atom. The van der Waals surface area contributed by atoms with Crippen molar-refractivity contribution in [1.29, 1.82) is 0 Å². The van der Waals surface area contributed by atoms with Gasteiger partial charge in [-0.15, -0.1) is 13.2 Å². The van der Waals surface area contributed by atoms with E-state index in [2.05, 4.69) is 16.1 Å². The van der Waals surface area contributed by atoms with Crippen molar-refractivity contribution in [3.63, 3.8) is 0 Å². The maximum absolute atomic E-state index is 11.6. The molecular weight excluding hydrogens is 219 g/mol. The van der Waals surface area contributed by atoms with Gasteiger partial charge in [-0.3, -0.25) is 4.74 Å². The highest BCUT2D eigenvalue weighted by atomic mass is 19.4. The van der Waals surface area contributed by atoms with Crippen molar-refractivity contribution < 1.29 is 17.9 Å². The number of hydrogen-bond acceptors (Lipinski definition) is 2. The molecular formula is C11H18F3NO. The highest BCUT2D eigenvalue weighted by Crippen LogP contribution is 2.19. The topological polar surface area (TPSA) is 21.3 Å². The Hall–Kier alpha value is -0.550. The third-order valence-corrected chi connectivity index (χ3v) is 2.55. The second kappa shape index (κ2) is 6.91. The van der Waals surface area contributed by atoms with Crippen molar-refractivity contribution in [2.45, 2.75) is 38.5 Å². The molecule has 0 radical (unpaired) electrons. The summed E-state index contributed by atoms with van der Waals surface area (Å²) in [7, 11) is 0. The molecule has 94 valence electrons. The minimum absolute atomic E-state index is 0.243. The molecule has 0 fully saturated rings. The standard InChI is InChI=1S/C11H18F3NO/c12-11(13,14)16-9-8-15-7-6-10-4-2-1-3-5-10/h4,15H,1-3,5-9H2. The predicted octanol–water partition coefficient (Wildman–Crippen LogP) is 3.00. The zero-order valence-corrected chi connectivity index (χ0v) is 9.28. The SMILES string of the molecule is FC(F)(F)OCCNCCC1=CCCCC1. The van der Waals surface area contributed by atoms with E-state index >= 15 is 0 Å². The number of allylic oxidation sites excluding steroid dienone is 1. The molecule has 0 heterocycles. The number of hydrogen-bond donors (Lipinski definition) is 1. The Morgan fingerprint density at radius 3 is 2.69 bits per heavy atom. The molecule has 5 heteroatoms. The molecule has 0 aliphatic heterocycles. The van der Waals surface area contributed by atoms with E-state index in [9.17, 15) is 13.2 Å². The molecule has 0 amide bonds. The molecule has 0 unspecified atom stereocenters. The molecule has 1 N–H and O–H groups in total. The number of halogens is 3. The van der Waals surface area contributed by atoms with E-state index in [4.69, 9.17) is 0 Å². The van der Waals surface area contributed by atoms with Crippen LogP contribution in [0, 0.1) is 0 Å². The molecule has 0 aromatic rings. The number of nitrogens with one attached hydrogen (secondary N) is 1. The second-order valence-electron chi connectivity index (χ2n) is 3.90. The Morgan fingerprint density at radius 2 is 2.06 bits per heavy atom. The van der Waals surface area contributed by atoms with E-state index in [1.807, 2.05) is 0 Å². The van der Waals surface area contributed by atoms with Gasteiger partial charge in [-0.1, -0.05) is 11.6 Å². The molecule has 0 saturated carbocycles. The Balaban J connectivity index is 1.94. The lowest BCUT2D eigenvalue weighted by Crippen LogP contribution is -2.25. The maximum atomic E-state index is 11.6. The first-order chi connectivity index (χ1) is 7.58. The van der Waals surface area contributed by atoms with Crippen LogP contribution < -0.4 is 5.32 Å². The molecule has 2 nitrogen and oxygen atoms in total. The smallest absolute Gasteiger partial charge is 0.314 e. The van der Waals surface area contributed by atoms with Gasteiger partial charge in [0, 0.05) is 6.54 Å². The summed E-state index contributed by atoms with van der Waals surface area (Å²) in [6.45, 7) is 0.655. The van der Waals surface area contributed by atoms with Gasteiger partial charge in [0.15, 0.2) is 0 Å². The van der Waals surface area contributed by atoms with Gasteiger partial charge in [0.1, 0.15) is 0 Å². The van der Waals surface area contributed by atoms with Gasteiger partial charge in [0.2, 0.25) is 0 Å². The highest BCUT2D eigenvalue weighted by Gasteiger charge is 2.28. The third kappa shape index (κ3) is 6.85. The van der Waals surface area contributed by atoms with Crippen molar-refractivity contribution in [2.75, 3.05) is 19.7 Å². The quantitative estimate of drug-likeness (QED) is 0.566.